The summed E-state index contributed by atoms with van der Waals surface area (Å²) in [4.78, 5) is 26.7. The number of rotatable bonds is 5. The molecule has 2 N–H and O–H groups in total. The topological polar surface area (TPSA) is 78.1 Å². The first kappa shape index (κ1) is 20.8. The van der Waals surface area contributed by atoms with Crippen molar-refractivity contribution in [2.75, 3.05) is 13.1 Å². The van der Waals surface area contributed by atoms with Crippen molar-refractivity contribution in [1.82, 2.24) is 20.4 Å². The fourth-order valence-electron chi connectivity index (χ4n) is 4.87. The highest BCUT2D eigenvalue weighted by Gasteiger charge is 2.33. The standard InChI is InChI=1S/C25H27FN4O2/c26-22-11-10-16(13-23-19-8-4-5-9-20(19)24(31)29-28-23)12-21(22)25(32)30-14-18(15-30)27-17-6-2-1-3-7-17/h4-5,8-12,17-18,27H,1-3,6-7,13-15H2,(H,29,31). The van der Waals surface area contributed by atoms with Gasteiger partial charge in [-0.2, -0.15) is 5.10 Å². The third kappa shape index (κ3) is 4.17. The second-order valence-electron chi connectivity index (χ2n) is 8.94. The highest BCUT2D eigenvalue weighted by Crippen LogP contribution is 2.23. The Bertz CT molecular complexity index is 1200. The van der Waals surface area contributed by atoms with Crippen LogP contribution in [0.3, 0.4) is 0 Å². The fraction of sp³-hybridized carbons (Fsp3) is 0.400. The first-order valence-corrected chi connectivity index (χ1v) is 11.4. The molecule has 2 fully saturated rings. The summed E-state index contributed by atoms with van der Waals surface area (Å²) in [5, 5.41) is 11.7. The molecule has 0 spiro atoms. The van der Waals surface area contributed by atoms with Crippen LogP contribution in [0.5, 0.6) is 0 Å². The summed E-state index contributed by atoms with van der Waals surface area (Å²) in [7, 11) is 0. The lowest BCUT2D eigenvalue weighted by Crippen LogP contribution is -2.61. The van der Waals surface area contributed by atoms with Gasteiger partial charge >= 0.3 is 0 Å². The molecule has 166 valence electrons. The number of likely N-dealkylation sites (tertiary alicyclic amines) is 1. The number of halogens is 1. The van der Waals surface area contributed by atoms with Crippen molar-refractivity contribution in [3.63, 3.8) is 0 Å². The lowest BCUT2D eigenvalue weighted by atomic mass is 9.93. The molecule has 1 saturated carbocycles. The summed E-state index contributed by atoms with van der Waals surface area (Å²) in [6.07, 6.45) is 6.65. The van der Waals surface area contributed by atoms with E-state index in [2.05, 4.69) is 15.5 Å². The number of amides is 1. The molecule has 2 aliphatic rings. The van der Waals surface area contributed by atoms with Crippen LogP contribution in [-0.2, 0) is 6.42 Å². The number of aromatic nitrogens is 2. The van der Waals surface area contributed by atoms with Crippen LogP contribution in [0.4, 0.5) is 4.39 Å². The number of carbonyl (C=O) groups excluding carboxylic acids is 1. The van der Waals surface area contributed by atoms with E-state index in [1.165, 1.54) is 38.2 Å². The smallest absolute Gasteiger partial charge is 0.272 e. The molecule has 5 rings (SSSR count). The van der Waals surface area contributed by atoms with Gasteiger partial charge in [0.25, 0.3) is 11.5 Å². The first-order chi connectivity index (χ1) is 15.6. The molecular weight excluding hydrogens is 407 g/mol. The average Bonchev–Trinajstić information content (AvgIpc) is 2.79. The van der Waals surface area contributed by atoms with E-state index in [1.54, 1.807) is 29.2 Å². The molecule has 2 aromatic carbocycles. The lowest BCUT2D eigenvalue weighted by molar-refractivity contribution is 0.0539. The van der Waals surface area contributed by atoms with Gasteiger partial charge in [-0.1, -0.05) is 43.5 Å². The van der Waals surface area contributed by atoms with Crippen LogP contribution < -0.4 is 10.9 Å². The molecule has 0 radical (unpaired) electrons. The Hall–Kier alpha value is -3.06. The van der Waals surface area contributed by atoms with Crippen molar-refractivity contribution in [1.29, 1.82) is 0 Å². The normalized spacial score (nSPS) is 17.5. The minimum atomic E-state index is -0.512. The molecule has 1 saturated heterocycles. The van der Waals surface area contributed by atoms with Gasteiger partial charge in [-0.15, -0.1) is 0 Å². The van der Waals surface area contributed by atoms with E-state index >= 15 is 0 Å². The van der Waals surface area contributed by atoms with Gasteiger partial charge in [0.05, 0.1) is 16.6 Å². The summed E-state index contributed by atoms with van der Waals surface area (Å²) in [6.45, 7) is 1.23. The number of nitrogens with zero attached hydrogens (tertiary/aromatic N) is 2. The Balaban J connectivity index is 1.29. The Labute approximate surface area is 185 Å². The quantitative estimate of drug-likeness (QED) is 0.645. The number of carbonyl (C=O) groups is 1. The summed E-state index contributed by atoms with van der Waals surface area (Å²) < 4.78 is 14.5. The van der Waals surface area contributed by atoms with Gasteiger partial charge in [0, 0.05) is 37.0 Å². The Morgan fingerprint density at radius 2 is 1.81 bits per heavy atom. The minimum Gasteiger partial charge on any atom is -0.335 e. The van der Waals surface area contributed by atoms with Crippen LogP contribution in [0.25, 0.3) is 10.8 Å². The maximum absolute atomic E-state index is 14.5. The molecular formula is C25H27FN4O2. The second kappa shape index (κ2) is 8.82. The highest BCUT2D eigenvalue weighted by molar-refractivity contribution is 5.95. The van der Waals surface area contributed by atoms with E-state index in [-0.39, 0.29) is 17.0 Å². The largest absolute Gasteiger partial charge is 0.335 e. The van der Waals surface area contributed by atoms with Crippen molar-refractivity contribution in [3.05, 3.63) is 75.5 Å². The molecule has 2 heterocycles. The van der Waals surface area contributed by atoms with Crippen LogP contribution in [0.15, 0.2) is 47.3 Å². The molecule has 32 heavy (non-hydrogen) atoms. The van der Waals surface area contributed by atoms with E-state index in [1.807, 2.05) is 12.1 Å². The first-order valence-electron chi connectivity index (χ1n) is 11.4. The fourth-order valence-corrected chi connectivity index (χ4v) is 4.87. The zero-order valence-electron chi connectivity index (χ0n) is 17.9. The zero-order valence-corrected chi connectivity index (χ0v) is 17.9. The SMILES string of the molecule is O=C(c1cc(Cc2n[nH]c(=O)c3ccccc23)ccc1F)N1CC(NC2CCCCC2)C1. The van der Waals surface area contributed by atoms with Gasteiger partial charge in [-0.05, 0) is 36.6 Å². The average molecular weight is 435 g/mol. The molecule has 0 atom stereocenters. The van der Waals surface area contributed by atoms with Crippen molar-refractivity contribution in [2.24, 2.45) is 0 Å². The highest BCUT2D eigenvalue weighted by atomic mass is 19.1. The van der Waals surface area contributed by atoms with Crippen molar-refractivity contribution in [3.8, 4) is 0 Å². The third-order valence-corrected chi connectivity index (χ3v) is 6.65. The second-order valence-corrected chi connectivity index (χ2v) is 8.94. The number of hydrogen-bond donors (Lipinski definition) is 2. The number of aromatic amines is 1. The van der Waals surface area contributed by atoms with Crippen molar-refractivity contribution >= 4 is 16.7 Å². The van der Waals surface area contributed by atoms with Gasteiger partial charge < -0.3 is 10.2 Å². The van der Waals surface area contributed by atoms with Crippen LogP contribution >= 0.6 is 0 Å². The molecule has 3 aromatic rings. The molecule has 0 bridgehead atoms. The van der Waals surface area contributed by atoms with Crippen LogP contribution in [-0.4, -0.2) is 46.2 Å². The van der Waals surface area contributed by atoms with Crippen molar-refractivity contribution in [2.45, 2.75) is 50.6 Å². The van der Waals surface area contributed by atoms with Gasteiger partial charge in [-0.3, -0.25) is 9.59 Å². The molecule has 7 heteroatoms. The monoisotopic (exact) mass is 434 g/mol. The molecule has 1 aliphatic heterocycles. The number of nitrogens with one attached hydrogen (secondary N) is 2. The maximum atomic E-state index is 14.5. The molecule has 0 unspecified atom stereocenters. The van der Waals surface area contributed by atoms with E-state index in [9.17, 15) is 14.0 Å². The Morgan fingerprint density at radius 1 is 1.06 bits per heavy atom. The van der Waals surface area contributed by atoms with E-state index < -0.39 is 5.82 Å². The molecule has 6 nitrogen and oxygen atoms in total. The number of hydrogen-bond acceptors (Lipinski definition) is 4. The van der Waals surface area contributed by atoms with E-state index in [0.717, 1.165) is 10.9 Å². The summed E-state index contributed by atoms with van der Waals surface area (Å²) in [5.74, 6) is -0.785. The Morgan fingerprint density at radius 3 is 2.59 bits per heavy atom. The maximum Gasteiger partial charge on any atom is 0.272 e. The van der Waals surface area contributed by atoms with Crippen LogP contribution in [0, 0.1) is 5.82 Å². The van der Waals surface area contributed by atoms with Crippen molar-refractivity contribution < 1.29 is 9.18 Å². The molecule has 1 amide bonds. The predicted molar refractivity (Wildman–Crippen MR) is 121 cm³/mol. The van der Waals surface area contributed by atoms with Gasteiger partial charge in [0.15, 0.2) is 0 Å². The van der Waals surface area contributed by atoms with E-state index in [0.29, 0.717) is 42.7 Å². The summed E-state index contributed by atoms with van der Waals surface area (Å²) in [5.41, 5.74) is 1.31. The summed E-state index contributed by atoms with van der Waals surface area (Å²) >= 11 is 0. The van der Waals surface area contributed by atoms with Gasteiger partial charge in [0.2, 0.25) is 0 Å². The summed E-state index contributed by atoms with van der Waals surface area (Å²) in [6, 6.07) is 12.7. The van der Waals surface area contributed by atoms with Crippen LogP contribution in [0.2, 0.25) is 0 Å². The number of fused-ring (bicyclic) bond motifs is 1. The van der Waals surface area contributed by atoms with E-state index in [4.69, 9.17) is 0 Å². The number of benzene rings is 2. The Kier molecular flexibility index (Phi) is 5.74. The minimum absolute atomic E-state index is 0.0901. The molecule has 1 aliphatic carbocycles. The van der Waals surface area contributed by atoms with Gasteiger partial charge in [0.1, 0.15) is 5.82 Å². The van der Waals surface area contributed by atoms with Crippen LogP contribution in [0.1, 0.15) is 53.7 Å². The van der Waals surface area contributed by atoms with Gasteiger partial charge in [-0.25, -0.2) is 9.49 Å². The zero-order chi connectivity index (χ0) is 22.1. The number of H-pyrrole nitrogens is 1. The predicted octanol–water partition coefficient (Wildman–Crippen LogP) is 3.40. The molecule has 1 aromatic heterocycles. The third-order valence-electron chi connectivity index (χ3n) is 6.65. The lowest BCUT2D eigenvalue weighted by Gasteiger charge is -2.42.